The van der Waals surface area contributed by atoms with E-state index in [0.717, 1.165) is 54.2 Å². The number of hydrogen-bond acceptors (Lipinski definition) is 4. The molecule has 6 nitrogen and oxygen atoms in total. The zero-order valence-electron chi connectivity index (χ0n) is 17.2. The van der Waals surface area contributed by atoms with Crippen LogP contribution in [0.4, 0.5) is 0 Å². The van der Waals surface area contributed by atoms with Gasteiger partial charge in [-0.25, -0.2) is 4.68 Å². The Balaban J connectivity index is 1.95. The summed E-state index contributed by atoms with van der Waals surface area (Å²) in [5.41, 5.74) is 3.14. The quantitative estimate of drug-likeness (QED) is 0.585. The lowest BCUT2D eigenvalue weighted by Crippen LogP contribution is -2.23. The SMILES string of the molecule is CCOCCCNCc1cc2c(C(C)(C)C)nn(-c3ccccc3)c2[nH]c1=O. The van der Waals surface area contributed by atoms with Gasteiger partial charge in [-0.1, -0.05) is 39.0 Å². The number of fused-ring (bicyclic) bond motifs is 1. The van der Waals surface area contributed by atoms with Gasteiger partial charge in [0.1, 0.15) is 5.65 Å². The normalized spacial score (nSPS) is 12.0. The Bertz CT molecular complexity index is 968. The van der Waals surface area contributed by atoms with E-state index in [1.54, 1.807) is 0 Å². The molecule has 2 N–H and O–H groups in total. The summed E-state index contributed by atoms with van der Waals surface area (Å²) in [5.74, 6) is 0. The number of benzene rings is 1. The van der Waals surface area contributed by atoms with E-state index in [0.29, 0.717) is 6.54 Å². The van der Waals surface area contributed by atoms with Crippen LogP contribution in [0.2, 0.25) is 0 Å². The van der Waals surface area contributed by atoms with Crippen LogP contribution < -0.4 is 10.9 Å². The Kier molecular flexibility index (Phi) is 6.31. The number of para-hydroxylation sites is 1. The van der Waals surface area contributed by atoms with E-state index in [9.17, 15) is 4.79 Å². The van der Waals surface area contributed by atoms with Gasteiger partial charge in [-0.05, 0) is 38.1 Å². The molecule has 0 unspecified atom stereocenters. The van der Waals surface area contributed by atoms with Gasteiger partial charge in [-0.2, -0.15) is 5.10 Å². The minimum absolute atomic E-state index is 0.0812. The number of hydrogen-bond donors (Lipinski definition) is 2. The lowest BCUT2D eigenvalue weighted by atomic mass is 9.90. The van der Waals surface area contributed by atoms with Crippen LogP contribution in [0.3, 0.4) is 0 Å². The van der Waals surface area contributed by atoms with Gasteiger partial charge in [0, 0.05) is 36.1 Å². The predicted molar refractivity (Wildman–Crippen MR) is 113 cm³/mol. The Morgan fingerprint density at radius 1 is 1.21 bits per heavy atom. The Morgan fingerprint density at radius 3 is 2.64 bits per heavy atom. The number of aromatic amines is 1. The molecule has 2 aromatic heterocycles. The fourth-order valence-corrected chi connectivity index (χ4v) is 3.22. The number of nitrogens with one attached hydrogen (secondary N) is 2. The average molecular weight is 383 g/mol. The van der Waals surface area contributed by atoms with Gasteiger partial charge in [-0.3, -0.25) is 4.79 Å². The molecule has 0 fully saturated rings. The number of nitrogens with zero attached hydrogens (tertiary/aromatic N) is 2. The lowest BCUT2D eigenvalue weighted by Gasteiger charge is -2.15. The molecule has 0 aliphatic heterocycles. The number of ether oxygens (including phenoxy) is 1. The molecule has 2 heterocycles. The van der Waals surface area contributed by atoms with Gasteiger partial charge in [-0.15, -0.1) is 0 Å². The third-order valence-electron chi connectivity index (χ3n) is 4.64. The molecule has 0 atom stereocenters. The molecule has 3 aromatic rings. The van der Waals surface area contributed by atoms with Gasteiger partial charge in [0.05, 0.1) is 11.4 Å². The van der Waals surface area contributed by atoms with Crippen molar-refractivity contribution < 1.29 is 4.74 Å². The van der Waals surface area contributed by atoms with Crippen LogP contribution >= 0.6 is 0 Å². The first kappa shape index (κ1) is 20.3. The van der Waals surface area contributed by atoms with Crippen molar-refractivity contribution in [1.82, 2.24) is 20.1 Å². The highest BCUT2D eigenvalue weighted by Gasteiger charge is 2.24. The van der Waals surface area contributed by atoms with E-state index in [-0.39, 0.29) is 11.0 Å². The molecule has 6 heteroatoms. The van der Waals surface area contributed by atoms with Crippen molar-refractivity contribution >= 4 is 11.0 Å². The molecule has 0 saturated heterocycles. The fourth-order valence-electron chi connectivity index (χ4n) is 3.22. The maximum absolute atomic E-state index is 12.7. The molecular weight excluding hydrogens is 352 g/mol. The van der Waals surface area contributed by atoms with Crippen molar-refractivity contribution in [3.63, 3.8) is 0 Å². The third-order valence-corrected chi connectivity index (χ3v) is 4.64. The molecule has 0 radical (unpaired) electrons. The minimum atomic E-state index is -0.140. The molecular formula is C22H30N4O2. The van der Waals surface area contributed by atoms with E-state index < -0.39 is 0 Å². The summed E-state index contributed by atoms with van der Waals surface area (Å²) in [6.45, 7) is 11.2. The molecule has 150 valence electrons. The largest absolute Gasteiger partial charge is 0.382 e. The summed E-state index contributed by atoms with van der Waals surface area (Å²) < 4.78 is 7.18. The number of H-pyrrole nitrogens is 1. The maximum Gasteiger partial charge on any atom is 0.254 e. The number of aromatic nitrogens is 3. The molecule has 3 rings (SSSR count). The van der Waals surface area contributed by atoms with Crippen LogP contribution in [0.15, 0.2) is 41.2 Å². The molecule has 28 heavy (non-hydrogen) atoms. The van der Waals surface area contributed by atoms with Crippen molar-refractivity contribution in [3.8, 4) is 5.69 Å². The maximum atomic E-state index is 12.7. The molecule has 0 aliphatic rings. The smallest absolute Gasteiger partial charge is 0.254 e. The highest BCUT2D eigenvalue weighted by Crippen LogP contribution is 2.29. The first-order chi connectivity index (χ1) is 13.4. The zero-order chi connectivity index (χ0) is 20.1. The Morgan fingerprint density at radius 2 is 1.96 bits per heavy atom. The van der Waals surface area contributed by atoms with Crippen LogP contribution in [-0.2, 0) is 16.7 Å². The van der Waals surface area contributed by atoms with E-state index in [4.69, 9.17) is 9.84 Å². The highest BCUT2D eigenvalue weighted by atomic mass is 16.5. The van der Waals surface area contributed by atoms with Crippen molar-refractivity contribution in [2.45, 2.75) is 46.1 Å². The predicted octanol–water partition coefficient (Wildman–Crippen LogP) is 3.53. The van der Waals surface area contributed by atoms with E-state index in [1.165, 1.54) is 0 Å². The van der Waals surface area contributed by atoms with Crippen LogP contribution in [0, 0.1) is 0 Å². The second-order valence-electron chi connectivity index (χ2n) is 7.96. The number of pyridine rings is 1. The fraction of sp³-hybridized carbons (Fsp3) is 0.455. The zero-order valence-corrected chi connectivity index (χ0v) is 17.2. The second kappa shape index (κ2) is 8.71. The lowest BCUT2D eigenvalue weighted by molar-refractivity contribution is 0.144. The summed E-state index contributed by atoms with van der Waals surface area (Å²) in [4.78, 5) is 15.7. The molecule has 0 bridgehead atoms. The number of rotatable bonds is 8. The van der Waals surface area contributed by atoms with E-state index >= 15 is 0 Å². The van der Waals surface area contributed by atoms with Gasteiger partial charge in [0.2, 0.25) is 0 Å². The summed E-state index contributed by atoms with van der Waals surface area (Å²) in [6, 6.07) is 11.9. The molecule has 0 spiro atoms. The van der Waals surface area contributed by atoms with Gasteiger partial charge >= 0.3 is 0 Å². The Labute approximate surface area is 165 Å². The van der Waals surface area contributed by atoms with Crippen LogP contribution in [0.1, 0.15) is 45.4 Å². The van der Waals surface area contributed by atoms with Crippen LogP contribution in [0.5, 0.6) is 0 Å². The summed E-state index contributed by atoms with van der Waals surface area (Å²) in [6.07, 6.45) is 0.924. The van der Waals surface area contributed by atoms with Crippen LogP contribution in [0.25, 0.3) is 16.7 Å². The first-order valence-electron chi connectivity index (χ1n) is 9.91. The van der Waals surface area contributed by atoms with Gasteiger partial charge < -0.3 is 15.0 Å². The summed E-state index contributed by atoms with van der Waals surface area (Å²) in [5, 5.41) is 9.18. The second-order valence-corrected chi connectivity index (χ2v) is 7.96. The van der Waals surface area contributed by atoms with Gasteiger partial charge in [0.25, 0.3) is 5.56 Å². The Hall–Kier alpha value is -2.44. The molecule has 1 aromatic carbocycles. The third kappa shape index (κ3) is 4.51. The first-order valence-corrected chi connectivity index (χ1v) is 9.91. The minimum Gasteiger partial charge on any atom is -0.382 e. The van der Waals surface area contributed by atoms with E-state index in [2.05, 4.69) is 31.1 Å². The van der Waals surface area contributed by atoms with E-state index in [1.807, 2.05) is 48.0 Å². The van der Waals surface area contributed by atoms with Crippen LogP contribution in [-0.4, -0.2) is 34.5 Å². The van der Waals surface area contributed by atoms with Crippen molar-refractivity contribution in [1.29, 1.82) is 0 Å². The monoisotopic (exact) mass is 382 g/mol. The summed E-state index contributed by atoms with van der Waals surface area (Å²) in [7, 11) is 0. The van der Waals surface area contributed by atoms with Crippen molar-refractivity contribution in [2.75, 3.05) is 19.8 Å². The summed E-state index contributed by atoms with van der Waals surface area (Å²) >= 11 is 0. The molecule has 0 amide bonds. The standard InChI is InChI=1S/C22H30N4O2/c1-5-28-13-9-12-23-15-16-14-18-19(22(2,3)4)25-26(20(18)24-21(16)27)17-10-7-6-8-11-17/h6-8,10-11,14,23H,5,9,12-13,15H2,1-4H3,(H,24,27). The molecule has 0 aliphatic carbocycles. The van der Waals surface area contributed by atoms with Gasteiger partial charge in [0.15, 0.2) is 0 Å². The molecule has 0 saturated carbocycles. The highest BCUT2D eigenvalue weighted by molar-refractivity contribution is 5.81. The average Bonchev–Trinajstić information content (AvgIpc) is 3.04. The van der Waals surface area contributed by atoms with Crippen molar-refractivity contribution in [3.05, 3.63) is 58.0 Å². The van der Waals surface area contributed by atoms with Crippen molar-refractivity contribution in [2.24, 2.45) is 0 Å². The topological polar surface area (TPSA) is 71.9 Å².